The molecule has 0 aliphatic heterocycles. The predicted octanol–water partition coefficient (Wildman–Crippen LogP) is 1.64. The van der Waals surface area contributed by atoms with Gasteiger partial charge in [0.1, 0.15) is 0 Å². The normalized spacial score (nSPS) is 10.9. The molecule has 0 fully saturated rings. The van der Waals surface area contributed by atoms with Crippen molar-refractivity contribution in [2.75, 3.05) is 0 Å². The Morgan fingerprint density at radius 1 is 1.18 bits per heavy atom. The molecule has 0 unspecified atom stereocenters. The SMILES string of the molecule is CCn1c(=O)n(CC)c2cc([N+](=O)O)ccc21. The van der Waals surface area contributed by atoms with E-state index in [2.05, 4.69) is 0 Å². The standard InChI is InChI=1S/C11H14N3O3/c1-3-12-9-6-5-8(14(16)17)7-10(9)13(4-2)11(12)15/h5-7H,3-4H2,1-2H3,(H,16,17)/q+1. The molecule has 0 atom stereocenters. The highest BCUT2D eigenvalue weighted by Gasteiger charge is 2.17. The van der Waals surface area contributed by atoms with Crippen LogP contribution in [0.25, 0.3) is 11.0 Å². The van der Waals surface area contributed by atoms with E-state index in [0.717, 1.165) is 5.52 Å². The maximum absolute atomic E-state index is 12.0. The van der Waals surface area contributed by atoms with Crippen molar-refractivity contribution in [1.29, 1.82) is 0 Å². The quantitative estimate of drug-likeness (QED) is 0.824. The first-order chi connectivity index (χ1) is 8.10. The molecule has 1 aromatic heterocycles. The average molecular weight is 236 g/mol. The van der Waals surface area contributed by atoms with E-state index in [0.29, 0.717) is 18.6 Å². The van der Waals surface area contributed by atoms with Crippen molar-refractivity contribution < 1.29 is 10.1 Å². The van der Waals surface area contributed by atoms with Gasteiger partial charge in [-0.25, -0.2) is 10.0 Å². The minimum atomic E-state index is -0.201. The van der Waals surface area contributed by atoms with Crippen molar-refractivity contribution in [2.45, 2.75) is 26.9 Å². The van der Waals surface area contributed by atoms with E-state index < -0.39 is 0 Å². The molecule has 2 rings (SSSR count). The largest absolute Gasteiger partial charge is 0.329 e. The zero-order valence-electron chi connectivity index (χ0n) is 9.75. The predicted molar refractivity (Wildman–Crippen MR) is 62.6 cm³/mol. The Bertz CT molecular complexity index is 639. The second-order valence-electron chi connectivity index (χ2n) is 3.72. The van der Waals surface area contributed by atoms with Crippen LogP contribution in [-0.4, -0.2) is 19.3 Å². The molecule has 1 heterocycles. The second-order valence-corrected chi connectivity index (χ2v) is 3.72. The maximum Gasteiger partial charge on any atom is 0.329 e. The molecule has 0 radical (unpaired) electrons. The Balaban J connectivity index is 2.85. The third-order valence-electron chi connectivity index (χ3n) is 2.86. The molecular formula is C11H14N3O3+. The van der Waals surface area contributed by atoms with Crippen LogP contribution in [0.1, 0.15) is 13.8 Å². The molecule has 90 valence electrons. The van der Waals surface area contributed by atoms with Gasteiger partial charge in [0.2, 0.25) is 0 Å². The van der Waals surface area contributed by atoms with Gasteiger partial charge in [-0.2, -0.15) is 0 Å². The van der Waals surface area contributed by atoms with Crippen molar-refractivity contribution in [1.82, 2.24) is 9.13 Å². The molecule has 17 heavy (non-hydrogen) atoms. The number of aryl methyl sites for hydroxylation is 2. The smallest absolute Gasteiger partial charge is 0.292 e. The molecule has 0 spiro atoms. The zero-order valence-corrected chi connectivity index (χ0v) is 9.75. The minimum absolute atomic E-state index is 0.0995. The van der Waals surface area contributed by atoms with Crippen LogP contribution in [0.3, 0.4) is 0 Å². The number of rotatable bonds is 3. The molecular weight excluding hydrogens is 222 g/mol. The highest BCUT2D eigenvalue weighted by atomic mass is 16.6. The van der Waals surface area contributed by atoms with Crippen molar-refractivity contribution in [3.63, 3.8) is 0 Å². The van der Waals surface area contributed by atoms with Gasteiger partial charge in [0.05, 0.1) is 15.9 Å². The molecule has 1 aromatic carbocycles. The molecule has 2 aromatic rings. The number of nitrogens with zero attached hydrogens (tertiary/aromatic N) is 3. The lowest BCUT2D eigenvalue weighted by atomic mass is 10.2. The van der Waals surface area contributed by atoms with Gasteiger partial charge in [0.25, 0.3) is 4.92 Å². The molecule has 0 saturated heterocycles. The Morgan fingerprint density at radius 2 is 1.76 bits per heavy atom. The molecule has 0 amide bonds. The van der Waals surface area contributed by atoms with Crippen LogP contribution in [0.2, 0.25) is 0 Å². The number of fused-ring (bicyclic) bond motifs is 1. The van der Waals surface area contributed by atoms with E-state index in [1.807, 2.05) is 13.8 Å². The van der Waals surface area contributed by atoms with Crippen molar-refractivity contribution in [2.24, 2.45) is 0 Å². The summed E-state index contributed by atoms with van der Waals surface area (Å²) in [5.41, 5.74) is 1.45. The van der Waals surface area contributed by atoms with Crippen LogP contribution in [0.4, 0.5) is 5.69 Å². The van der Waals surface area contributed by atoms with Crippen LogP contribution in [0.15, 0.2) is 23.0 Å². The third kappa shape index (κ3) is 1.61. The summed E-state index contributed by atoms with van der Waals surface area (Å²) in [7, 11) is 0. The van der Waals surface area contributed by atoms with Crippen LogP contribution in [0.5, 0.6) is 0 Å². The molecule has 0 aliphatic carbocycles. The van der Waals surface area contributed by atoms with Crippen molar-refractivity contribution in [3.05, 3.63) is 33.6 Å². The van der Waals surface area contributed by atoms with Crippen LogP contribution in [-0.2, 0) is 13.1 Å². The average Bonchev–Trinajstić information content (AvgIpc) is 2.58. The first-order valence-corrected chi connectivity index (χ1v) is 5.49. The van der Waals surface area contributed by atoms with Gasteiger partial charge in [0, 0.05) is 25.2 Å². The third-order valence-corrected chi connectivity index (χ3v) is 2.86. The molecule has 0 saturated carbocycles. The summed E-state index contributed by atoms with van der Waals surface area (Å²) in [6.07, 6.45) is 0. The highest BCUT2D eigenvalue weighted by molar-refractivity contribution is 5.78. The first kappa shape index (κ1) is 11.4. The summed E-state index contributed by atoms with van der Waals surface area (Å²) < 4.78 is 3.21. The maximum atomic E-state index is 12.0. The summed E-state index contributed by atoms with van der Waals surface area (Å²) in [5.74, 6) is 0. The Morgan fingerprint density at radius 3 is 2.29 bits per heavy atom. The van der Waals surface area contributed by atoms with E-state index in [1.54, 1.807) is 15.2 Å². The number of imidazole rings is 1. The monoisotopic (exact) mass is 236 g/mol. The molecule has 0 aliphatic rings. The number of benzene rings is 1. The van der Waals surface area contributed by atoms with Gasteiger partial charge < -0.3 is 0 Å². The number of hydrogen-bond donors (Lipinski definition) is 1. The fraction of sp³-hybridized carbons (Fsp3) is 0.364. The van der Waals surface area contributed by atoms with E-state index in [9.17, 15) is 9.70 Å². The van der Waals surface area contributed by atoms with E-state index >= 15 is 0 Å². The van der Waals surface area contributed by atoms with E-state index in [4.69, 9.17) is 5.21 Å². The van der Waals surface area contributed by atoms with Gasteiger partial charge in [0.15, 0.2) is 0 Å². The lowest BCUT2D eigenvalue weighted by molar-refractivity contribution is -0.729. The minimum Gasteiger partial charge on any atom is -0.292 e. The van der Waals surface area contributed by atoms with Crippen LogP contribution >= 0.6 is 0 Å². The lowest BCUT2D eigenvalue weighted by Crippen LogP contribution is -2.23. The fourth-order valence-corrected chi connectivity index (χ4v) is 2.04. The van der Waals surface area contributed by atoms with Gasteiger partial charge in [-0.15, -0.1) is 0 Å². The summed E-state index contributed by atoms with van der Waals surface area (Å²) in [5, 5.41) is 8.86. The van der Waals surface area contributed by atoms with Gasteiger partial charge >= 0.3 is 11.4 Å². The fourth-order valence-electron chi connectivity index (χ4n) is 2.04. The summed E-state index contributed by atoms with van der Waals surface area (Å²) in [6, 6.07) is 4.67. The number of hydrogen-bond acceptors (Lipinski definition) is 2. The van der Waals surface area contributed by atoms with Gasteiger partial charge in [-0.05, 0) is 19.9 Å². The Labute approximate surface area is 97.2 Å². The second kappa shape index (κ2) is 4.04. The first-order valence-electron chi connectivity index (χ1n) is 5.49. The van der Waals surface area contributed by atoms with Gasteiger partial charge in [-0.3, -0.25) is 9.13 Å². The molecule has 6 nitrogen and oxygen atoms in total. The number of aromatic nitrogens is 2. The molecule has 1 N–H and O–H groups in total. The summed E-state index contributed by atoms with van der Waals surface area (Å²) >= 11 is 0. The lowest BCUT2D eigenvalue weighted by Gasteiger charge is -1.96. The van der Waals surface area contributed by atoms with Crippen molar-refractivity contribution >= 4 is 16.7 Å². The molecule has 0 bridgehead atoms. The van der Waals surface area contributed by atoms with E-state index in [1.165, 1.54) is 12.1 Å². The molecule has 6 heteroatoms. The highest BCUT2D eigenvalue weighted by Crippen LogP contribution is 2.19. The summed E-state index contributed by atoms with van der Waals surface area (Å²) in [6.45, 7) is 4.85. The zero-order chi connectivity index (χ0) is 12.6. The Hall–Kier alpha value is -2.11. The van der Waals surface area contributed by atoms with Crippen molar-refractivity contribution in [3.8, 4) is 0 Å². The van der Waals surface area contributed by atoms with Gasteiger partial charge in [-0.1, -0.05) is 0 Å². The summed E-state index contributed by atoms with van der Waals surface area (Å²) in [4.78, 5) is 22.6. The topological polar surface area (TPSA) is 67.2 Å². The van der Waals surface area contributed by atoms with Crippen LogP contribution < -0.4 is 5.69 Å². The Kier molecular flexibility index (Phi) is 2.71. The van der Waals surface area contributed by atoms with Crippen LogP contribution in [0, 0.1) is 4.91 Å². The van der Waals surface area contributed by atoms with E-state index in [-0.39, 0.29) is 16.3 Å².